The molecule has 3 aromatic carbocycles. The first-order chi connectivity index (χ1) is 33.7. The second kappa shape index (κ2) is 23.2. The number of methoxy groups -OCH3 is 2. The van der Waals surface area contributed by atoms with Crippen LogP contribution in [0.15, 0.2) is 85.1 Å². The summed E-state index contributed by atoms with van der Waals surface area (Å²) in [4.78, 5) is 96.7. The molecule has 382 valence electrons. The molecular weight excluding hydrogens is 907 g/mol. The highest BCUT2D eigenvalue weighted by molar-refractivity contribution is 5.97. The van der Waals surface area contributed by atoms with E-state index in [0.717, 1.165) is 36.1 Å². The Morgan fingerprint density at radius 3 is 1.42 bits per heavy atom. The highest BCUT2D eigenvalue weighted by Crippen LogP contribution is 2.47. The predicted molar refractivity (Wildman–Crippen MR) is 268 cm³/mol. The first kappa shape index (κ1) is 53.2. The van der Waals surface area contributed by atoms with Crippen molar-refractivity contribution < 1.29 is 43.0 Å². The van der Waals surface area contributed by atoms with Gasteiger partial charge in [0.15, 0.2) is 0 Å². The van der Waals surface area contributed by atoms with Crippen LogP contribution < -0.4 is 37.2 Å². The SMILES string of the molecule is C=C([C@@H](NC(=O)OC)C(C)C)N1CCC[C@H]1C(=O)NNC(=O)c1ccc(C2CCC(c3ccc(C(=O)NNC(=O)[C@@H]4CCCN4C(=O)[C@@H](NC(=O)OC)C(C)C)cc3)N2c2ccc(C(C)(C)C)cc2)cc1. The summed E-state index contributed by atoms with van der Waals surface area (Å²) in [5, 5.41) is 5.38. The second-order valence-electron chi connectivity index (χ2n) is 20.2. The van der Waals surface area contributed by atoms with E-state index in [-0.39, 0.29) is 35.2 Å². The minimum atomic E-state index is -0.883. The number of carbonyl (C=O) groups excluding carboxylic acids is 7. The van der Waals surface area contributed by atoms with Crippen LogP contribution in [-0.4, -0.2) is 103 Å². The lowest BCUT2D eigenvalue weighted by Crippen LogP contribution is -2.56. The number of benzene rings is 3. The molecule has 0 aliphatic carbocycles. The molecule has 7 amide bonds. The van der Waals surface area contributed by atoms with Crippen molar-refractivity contribution in [3.8, 4) is 0 Å². The summed E-state index contributed by atoms with van der Waals surface area (Å²) >= 11 is 0. The average Bonchev–Trinajstić information content (AvgIpc) is 4.16. The van der Waals surface area contributed by atoms with E-state index in [0.29, 0.717) is 49.2 Å². The summed E-state index contributed by atoms with van der Waals surface area (Å²) < 4.78 is 9.50. The molecule has 0 bridgehead atoms. The molecule has 6 N–H and O–H groups in total. The maximum Gasteiger partial charge on any atom is 0.407 e. The van der Waals surface area contributed by atoms with Crippen molar-refractivity contribution in [1.29, 1.82) is 0 Å². The molecule has 0 aromatic heterocycles. The Morgan fingerprint density at radius 1 is 0.577 bits per heavy atom. The number of hydrogen-bond acceptors (Lipinski definition) is 11. The van der Waals surface area contributed by atoms with Gasteiger partial charge >= 0.3 is 12.2 Å². The van der Waals surface area contributed by atoms with E-state index < -0.39 is 60.0 Å². The number of alkyl carbamates (subject to hydrolysis) is 2. The quantitative estimate of drug-likeness (QED) is 0.0983. The predicted octanol–water partition coefficient (Wildman–Crippen LogP) is 6.32. The van der Waals surface area contributed by atoms with E-state index in [4.69, 9.17) is 9.47 Å². The number of anilines is 1. The Bertz CT molecular complexity index is 2280. The molecule has 6 rings (SSSR count). The highest BCUT2D eigenvalue weighted by atomic mass is 16.5. The third-order valence-electron chi connectivity index (χ3n) is 13.8. The van der Waals surface area contributed by atoms with Crippen molar-refractivity contribution in [1.82, 2.24) is 42.1 Å². The number of hydrogen-bond donors (Lipinski definition) is 6. The molecule has 18 heteroatoms. The van der Waals surface area contributed by atoms with E-state index in [2.05, 4.69) is 88.9 Å². The fourth-order valence-electron chi connectivity index (χ4n) is 9.78. The summed E-state index contributed by atoms with van der Waals surface area (Å²) in [7, 11) is 2.51. The maximum absolute atomic E-state index is 13.5. The van der Waals surface area contributed by atoms with E-state index in [9.17, 15) is 33.6 Å². The van der Waals surface area contributed by atoms with Crippen LogP contribution in [0, 0.1) is 11.8 Å². The van der Waals surface area contributed by atoms with Gasteiger partial charge < -0.3 is 34.8 Å². The van der Waals surface area contributed by atoms with E-state index in [1.165, 1.54) is 24.7 Å². The molecular formula is C53H71N9O9. The zero-order valence-corrected chi connectivity index (χ0v) is 42.4. The summed E-state index contributed by atoms with van der Waals surface area (Å²) in [6.07, 6.45) is 2.56. The summed E-state index contributed by atoms with van der Waals surface area (Å²) in [5.41, 5.74) is 15.6. The zero-order chi connectivity index (χ0) is 51.7. The number of rotatable bonds is 14. The van der Waals surface area contributed by atoms with Gasteiger partial charge in [-0.25, -0.2) is 9.59 Å². The molecule has 3 heterocycles. The number of nitrogens with one attached hydrogen (secondary N) is 6. The van der Waals surface area contributed by atoms with Gasteiger partial charge in [-0.3, -0.25) is 45.7 Å². The van der Waals surface area contributed by atoms with Crippen molar-refractivity contribution in [2.24, 2.45) is 11.8 Å². The van der Waals surface area contributed by atoms with Gasteiger partial charge in [-0.2, -0.15) is 0 Å². The minimum absolute atomic E-state index is 0.0120. The number of ether oxygens (including phenoxy) is 2. The lowest BCUT2D eigenvalue weighted by atomic mass is 9.87. The summed E-state index contributed by atoms with van der Waals surface area (Å²) in [5.74, 6) is -2.57. The molecule has 18 nitrogen and oxygen atoms in total. The van der Waals surface area contributed by atoms with Crippen LogP contribution >= 0.6 is 0 Å². The lowest BCUT2D eigenvalue weighted by molar-refractivity contribution is -0.141. The van der Waals surface area contributed by atoms with Gasteiger partial charge in [0.05, 0.1) is 32.3 Å². The van der Waals surface area contributed by atoms with E-state index in [1.807, 2.05) is 43.0 Å². The van der Waals surface area contributed by atoms with Gasteiger partial charge in [0.1, 0.15) is 18.1 Å². The van der Waals surface area contributed by atoms with Crippen molar-refractivity contribution >= 4 is 47.4 Å². The van der Waals surface area contributed by atoms with Gasteiger partial charge in [-0.05, 0) is 109 Å². The van der Waals surface area contributed by atoms with Crippen LogP contribution in [0.1, 0.15) is 136 Å². The van der Waals surface area contributed by atoms with Crippen LogP contribution in [-0.2, 0) is 29.3 Å². The van der Waals surface area contributed by atoms with Crippen molar-refractivity contribution in [2.75, 3.05) is 32.2 Å². The molecule has 3 aliphatic heterocycles. The number of likely N-dealkylation sites (tertiary alicyclic amines) is 2. The number of hydrazine groups is 2. The number of amides is 7. The lowest BCUT2D eigenvalue weighted by Gasteiger charge is -2.34. The fourth-order valence-corrected chi connectivity index (χ4v) is 9.78. The molecule has 0 radical (unpaired) electrons. The van der Waals surface area contributed by atoms with Crippen molar-refractivity contribution in [2.45, 2.75) is 129 Å². The van der Waals surface area contributed by atoms with E-state index in [1.54, 1.807) is 38.1 Å². The van der Waals surface area contributed by atoms with Crippen LogP contribution in [0.5, 0.6) is 0 Å². The molecule has 71 heavy (non-hydrogen) atoms. The van der Waals surface area contributed by atoms with Gasteiger partial charge in [-0.1, -0.05) is 91.4 Å². The Hall–Kier alpha value is -7.11. The third-order valence-corrected chi connectivity index (χ3v) is 13.8. The van der Waals surface area contributed by atoms with Gasteiger partial charge in [0, 0.05) is 35.6 Å². The van der Waals surface area contributed by atoms with Crippen molar-refractivity contribution in [3.63, 3.8) is 0 Å². The second-order valence-corrected chi connectivity index (χ2v) is 20.2. The molecule has 6 atom stereocenters. The highest BCUT2D eigenvalue weighted by Gasteiger charge is 2.40. The zero-order valence-electron chi connectivity index (χ0n) is 42.4. The largest absolute Gasteiger partial charge is 0.453 e. The number of nitrogens with zero attached hydrogens (tertiary/aromatic N) is 3. The standard InChI is InChI=1S/C53H71N9O9/c1-31(2)44(54-51(68)70-9)33(5)60-29-11-13-42(60)48(65)58-56-46(63)36-19-15-34(16-20-36)40-27-28-41(62(40)39-25-23-38(24-26-39)53(6,7)8)35-17-21-37(22-18-35)47(64)57-59-49(66)43-14-12-30-61(43)50(67)45(32(3)4)55-52(69)71-10/h15-26,31-32,40-45H,5,11-14,27-30H2,1-4,6-10H3,(H,54,68)(H,55,69)(H,56,63)(H,57,64)(H,58,65)(H,59,66)/t40?,41?,42-,43-,44-,45-/m0/s1. The molecule has 3 fully saturated rings. The van der Waals surface area contributed by atoms with Gasteiger partial charge in [-0.15, -0.1) is 0 Å². The monoisotopic (exact) mass is 978 g/mol. The molecule has 3 saturated heterocycles. The Balaban J connectivity index is 1.11. The summed E-state index contributed by atoms with van der Waals surface area (Å²) in [6, 6.07) is 20.4. The van der Waals surface area contributed by atoms with Crippen LogP contribution in [0.2, 0.25) is 0 Å². The fraction of sp³-hybridized carbons (Fsp3) is 0.491. The first-order valence-corrected chi connectivity index (χ1v) is 24.5. The molecule has 3 aromatic rings. The Morgan fingerprint density at radius 2 is 1.00 bits per heavy atom. The molecule has 3 aliphatic rings. The Labute approximate surface area is 416 Å². The van der Waals surface area contributed by atoms with Crippen LogP contribution in [0.4, 0.5) is 15.3 Å². The molecule has 0 saturated carbocycles. The third kappa shape index (κ3) is 12.6. The van der Waals surface area contributed by atoms with Crippen molar-refractivity contribution in [3.05, 3.63) is 113 Å². The van der Waals surface area contributed by atoms with Gasteiger partial charge in [0.2, 0.25) is 5.91 Å². The normalized spacial score (nSPS) is 19.7. The van der Waals surface area contributed by atoms with Gasteiger partial charge in [0.25, 0.3) is 23.6 Å². The number of carbonyl (C=O) groups is 7. The summed E-state index contributed by atoms with van der Waals surface area (Å²) in [6.45, 7) is 19.1. The Kier molecular flexibility index (Phi) is 17.4. The molecule has 2 unspecified atom stereocenters. The topological polar surface area (TPSA) is 220 Å². The van der Waals surface area contributed by atoms with Crippen LogP contribution in [0.3, 0.4) is 0 Å². The van der Waals surface area contributed by atoms with E-state index >= 15 is 0 Å². The average molecular weight is 978 g/mol. The first-order valence-electron chi connectivity index (χ1n) is 24.5. The minimum Gasteiger partial charge on any atom is -0.453 e. The van der Waals surface area contributed by atoms with Crippen LogP contribution in [0.25, 0.3) is 0 Å². The smallest absolute Gasteiger partial charge is 0.407 e. The molecule has 0 spiro atoms. The maximum atomic E-state index is 13.5.